The zero-order valence-corrected chi connectivity index (χ0v) is 21.4. The highest BCUT2D eigenvalue weighted by Gasteiger charge is 2.31. The van der Waals surface area contributed by atoms with E-state index in [1.807, 2.05) is 26.0 Å². The molecule has 0 spiro atoms. The molecule has 0 saturated carbocycles. The first-order chi connectivity index (χ1) is 17.6. The number of para-hydroxylation sites is 1. The highest BCUT2D eigenvalue weighted by Crippen LogP contribution is 2.37. The quantitative estimate of drug-likeness (QED) is 0.225. The first-order valence-electron chi connectivity index (χ1n) is 11.9. The van der Waals surface area contributed by atoms with Crippen LogP contribution in [0.5, 0.6) is 23.0 Å². The van der Waals surface area contributed by atoms with Crippen molar-refractivity contribution in [1.29, 1.82) is 0 Å². The summed E-state index contributed by atoms with van der Waals surface area (Å²) >= 11 is 1.66. The van der Waals surface area contributed by atoms with Crippen molar-refractivity contribution < 1.29 is 37.3 Å². The van der Waals surface area contributed by atoms with E-state index in [0.717, 1.165) is 34.3 Å². The Balaban J connectivity index is 1.62. The third-order valence-electron chi connectivity index (χ3n) is 5.41. The Kier molecular flexibility index (Phi) is 10.1. The van der Waals surface area contributed by atoms with Crippen LogP contribution in [0.4, 0.5) is 13.2 Å². The molecule has 1 N–H and O–H groups in total. The number of alkyl halides is 3. The summed E-state index contributed by atoms with van der Waals surface area (Å²) in [7, 11) is 0. The van der Waals surface area contributed by atoms with Gasteiger partial charge in [0.25, 0.3) is 0 Å². The Morgan fingerprint density at radius 2 is 1.73 bits per heavy atom. The molecule has 9 heteroatoms. The van der Waals surface area contributed by atoms with Crippen molar-refractivity contribution in [2.45, 2.75) is 56.9 Å². The van der Waals surface area contributed by atoms with E-state index in [4.69, 9.17) is 14.6 Å². The summed E-state index contributed by atoms with van der Waals surface area (Å²) in [6.07, 6.45) is -2.94. The first-order valence-corrected chi connectivity index (χ1v) is 12.9. The minimum Gasteiger partial charge on any atom is -0.487 e. The molecule has 0 aliphatic rings. The monoisotopic (exact) mass is 534 g/mol. The van der Waals surface area contributed by atoms with Gasteiger partial charge in [-0.25, -0.2) is 0 Å². The molecule has 0 heterocycles. The molecule has 0 radical (unpaired) electrons. The number of ether oxygens (including phenoxy) is 3. The molecule has 0 unspecified atom stereocenters. The molecule has 0 bridgehead atoms. The van der Waals surface area contributed by atoms with Gasteiger partial charge in [-0.15, -0.1) is 24.9 Å². The van der Waals surface area contributed by atoms with Gasteiger partial charge >= 0.3 is 12.3 Å². The lowest BCUT2D eigenvalue weighted by molar-refractivity contribution is -0.274. The normalized spacial score (nSPS) is 12.1. The van der Waals surface area contributed by atoms with Crippen LogP contribution in [-0.4, -0.2) is 29.3 Å². The lowest BCUT2D eigenvalue weighted by atomic mass is 10.0. The number of carboxylic acids is 1. The van der Waals surface area contributed by atoms with Crippen LogP contribution in [0.15, 0.2) is 71.6 Å². The molecule has 0 aliphatic carbocycles. The predicted molar refractivity (Wildman–Crippen MR) is 137 cm³/mol. The molecule has 0 aliphatic heterocycles. The number of aliphatic carboxylic acids is 1. The molecular formula is C28H29F3O5S. The average Bonchev–Trinajstić information content (AvgIpc) is 2.84. The highest BCUT2D eigenvalue weighted by molar-refractivity contribution is 7.99. The topological polar surface area (TPSA) is 65.0 Å². The number of hydrogen-bond donors (Lipinski definition) is 1. The second-order valence-electron chi connectivity index (χ2n) is 8.31. The van der Waals surface area contributed by atoms with Crippen molar-refractivity contribution in [1.82, 2.24) is 0 Å². The molecule has 3 aromatic carbocycles. The number of carboxylic acid groups (broad SMARTS) is 1. The summed E-state index contributed by atoms with van der Waals surface area (Å²) in [6.45, 7) is 3.93. The molecule has 198 valence electrons. The average molecular weight is 535 g/mol. The van der Waals surface area contributed by atoms with Crippen LogP contribution in [0, 0.1) is 0 Å². The summed E-state index contributed by atoms with van der Waals surface area (Å²) in [5, 5.41) is 8.94. The minimum atomic E-state index is -4.82. The van der Waals surface area contributed by atoms with Gasteiger partial charge in [0, 0.05) is 23.1 Å². The molecule has 3 rings (SSSR count). The number of aryl methyl sites for hydroxylation is 2. The maximum Gasteiger partial charge on any atom is 0.573 e. The van der Waals surface area contributed by atoms with E-state index in [-0.39, 0.29) is 18.3 Å². The van der Waals surface area contributed by atoms with Gasteiger partial charge in [-0.05, 0) is 73.7 Å². The van der Waals surface area contributed by atoms with Crippen LogP contribution in [-0.2, 0) is 17.6 Å². The van der Waals surface area contributed by atoms with Crippen LogP contribution in [0.25, 0.3) is 0 Å². The van der Waals surface area contributed by atoms with Crippen molar-refractivity contribution >= 4 is 17.7 Å². The maximum atomic E-state index is 12.7. The van der Waals surface area contributed by atoms with Crippen molar-refractivity contribution in [3.63, 3.8) is 0 Å². The van der Waals surface area contributed by atoms with Gasteiger partial charge in [-0.1, -0.05) is 31.2 Å². The zero-order chi connectivity index (χ0) is 26.8. The van der Waals surface area contributed by atoms with Crippen molar-refractivity contribution in [2.75, 3.05) is 5.75 Å². The van der Waals surface area contributed by atoms with Crippen LogP contribution in [0.2, 0.25) is 0 Å². The zero-order valence-electron chi connectivity index (χ0n) is 20.6. The van der Waals surface area contributed by atoms with Gasteiger partial charge in [0.2, 0.25) is 0 Å². The fourth-order valence-electron chi connectivity index (χ4n) is 3.60. The van der Waals surface area contributed by atoms with E-state index in [1.165, 1.54) is 12.1 Å². The molecule has 1 atom stereocenters. The lowest BCUT2D eigenvalue weighted by Crippen LogP contribution is -2.17. The summed E-state index contributed by atoms with van der Waals surface area (Å²) < 4.78 is 54.0. The number of hydrogen-bond acceptors (Lipinski definition) is 5. The second kappa shape index (κ2) is 13.3. The number of thioether (sulfide) groups is 1. The molecule has 0 saturated heterocycles. The maximum absolute atomic E-state index is 12.7. The van der Waals surface area contributed by atoms with Gasteiger partial charge in [0.1, 0.15) is 11.5 Å². The minimum absolute atomic E-state index is 0.105. The van der Waals surface area contributed by atoms with Gasteiger partial charge in [-0.2, -0.15) is 0 Å². The Bertz CT molecular complexity index is 1170. The Labute approximate surface area is 218 Å². The molecule has 5 nitrogen and oxygen atoms in total. The third-order valence-corrected chi connectivity index (χ3v) is 6.43. The number of carbonyl (C=O) groups is 1. The van der Waals surface area contributed by atoms with Gasteiger partial charge < -0.3 is 19.3 Å². The van der Waals surface area contributed by atoms with E-state index >= 15 is 0 Å². The Morgan fingerprint density at radius 1 is 0.973 bits per heavy atom. The van der Waals surface area contributed by atoms with E-state index < -0.39 is 18.1 Å². The summed E-state index contributed by atoms with van der Waals surface area (Å²) in [6, 6.07) is 18.6. The van der Waals surface area contributed by atoms with E-state index in [2.05, 4.69) is 10.8 Å². The Morgan fingerprint density at radius 3 is 2.41 bits per heavy atom. The van der Waals surface area contributed by atoms with Crippen LogP contribution >= 0.6 is 11.8 Å². The molecule has 0 aromatic heterocycles. The van der Waals surface area contributed by atoms with Gasteiger partial charge in [0.05, 0.1) is 6.10 Å². The molecular weight excluding hydrogens is 505 g/mol. The number of benzene rings is 3. The van der Waals surface area contributed by atoms with Crippen molar-refractivity contribution in [2.24, 2.45) is 0 Å². The third kappa shape index (κ3) is 9.57. The van der Waals surface area contributed by atoms with Gasteiger partial charge in [0.15, 0.2) is 11.5 Å². The highest BCUT2D eigenvalue weighted by atomic mass is 32.2. The smallest absolute Gasteiger partial charge is 0.487 e. The SMILES string of the molecule is CCc1cc(SCC[C@@H](C)Oc2ccc(OC(F)(F)F)cc2Oc2ccccc2)ccc1CCC(=O)O. The van der Waals surface area contributed by atoms with Crippen molar-refractivity contribution in [3.8, 4) is 23.0 Å². The fraction of sp³-hybridized carbons (Fsp3) is 0.321. The standard InChI is InChI=1S/C28H29F3O5S/c1-3-20-17-24(12-9-21(20)10-14-27(32)33)37-16-15-19(2)34-25-13-11-23(36-28(29,30)31)18-26(25)35-22-7-5-4-6-8-22/h4-9,11-13,17-19H,3,10,14-16H2,1-2H3,(H,32,33)/t19-/m1/s1. The van der Waals surface area contributed by atoms with Crippen LogP contribution in [0.3, 0.4) is 0 Å². The van der Waals surface area contributed by atoms with E-state index in [1.54, 1.807) is 42.1 Å². The molecule has 3 aromatic rings. The number of rotatable bonds is 13. The Hall–Kier alpha value is -3.33. The molecule has 37 heavy (non-hydrogen) atoms. The summed E-state index contributed by atoms with van der Waals surface area (Å²) in [5.74, 6) is 0.437. The van der Waals surface area contributed by atoms with Gasteiger partial charge in [-0.3, -0.25) is 4.79 Å². The van der Waals surface area contributed by atoms with E-state index in [0.29, 0.717) is 24.3 Å². The summed E-state index contributed by atoms with van der Waals surface area (Å²) in [5.41, 5.74) is 2.19. The predicted octanol–water partition coefficient (Wildman–Crippen LogP) is 7.91. The first kappa shape index (κ1) is 28.2. The van der Waals surface area contributed by atoms with Crippen LogP contribution < -0.4 is 14.2 Å². The molecule has 0 amide bonds. The largest absolute Gasteiger partial charge is 0.573 e. The van der Waals surface area contributed by atoms with Crippen molar-refractivity contribution in [3.05, 3.63) is 77.9 Å². The fourth-order valence-corrected chi connectivity index (χ4v) is 4.68. The van der Waals surface area contributed by atoms with E-state index in [9.17, 15) is 18.0 Å². The number of halogens is 3. The van der Waals surface area contributed by atoms with Crippen LogP contribution in [0.1, 0.15) is 37.8 Å². The second-order valence-corrected chi connectivity index (χ2v) is 9.48. The lowest BCUT2D eigenvalue weighted by Gasteiger charge is -2.19. The summed E-state index contributed by atoms with van der Waals surface area (Å²) in [4.78, 5) is 12.0. The molecule has 0 fully saturated rings.